The lowest BCUT2D eigenvalue weighted by atomic mass is 10.2. The summed E-state index contributed by atoms with van der Waals surface area (Å²) in [6.45, 7) is 20.5. The topological polar surface area (TPSA) is 15.8 Å². The van der Waals surface area contributed by atoms with Gasteiger partial charge < -0.3 is 4.98 Å². The number of aromatic nitrogens is 1. The van der Waals surface area contributed by atoms with Crippen LogP contribution in [-0.2, 0) is 0 Å². The van der Waals surface area contributed by atoms with Crippen LogP contribution in [0.1, 0.15) is 45.9 Å². The Morgan fingerprint density at radius 3 is 1.69 bits per heavy atom. The van der Waals surface area contributed by atoms with Crippen molar-refractivity contribution in [2.75, 3.05) is 0 Å². The summed E-state index contributed by atoms with van der Waals surface area (Å²) in [5, 5.41) is 0. The molecule has 1 heterocycles. The predicted molar refractivity (Wildman–Crippen MR) is 79.5 cm³/mol. The van der Waals surface area contributed by atoms with Gasteiger partial charge in [0, 0.05) is 11.9 Å². The third-order valence-corrected chi connectivity index (χ3v) is 1.24. The molecule has 0 aromatic carbocycles. The van der Waals surface area contributed by atoms with Crippen LogP contribution in [0.15, 0.2) is 38.1 Å². The van der Waals surface area contributed by atoms with Crippen molar-refractivity contribution in [3.05, 3.63) is 49.3 Å². The molecule has 0 amide bonds. The number of aromatic amines is 1. The average molecular weight is 221 g/mol. The van der Waals surface area contributed by atoms with E-state index in [1.54, 1.807) is 18.2 Å². The number of hydrogen-bond acceptors (Lipinski definition) is 0. The van der Waals surface area contributed by atoms with Crippen molar-refractivity contribution in [2.24, 2.45) is 0 Å². The lowest BCUT2D eigenvalue weighted by Crippen LogP contribution is -1.70. The Morgan fingerprint density at radius 1 is 1.00 bits per heavy atom. The van der Waals surface area contributed by atoms with Crippen molar-refractivity contribution in [3.8, 4) is 0 Å². The van der Waals surface area contributed by atoms with Gasteiger partial charge in [-0.15, -0.1) is 6.58 Å². The number of nitrogens with one attached hydrogen (secondary N) is 1. The van der Waals surface area contributed by atoms with Crippen molar-refractivity contribution >= 4 is 12.2 Å². The van der Waals surface area contributed by atoms with Crippen molar-refractivity contribution in [3.63, 3.8) is 0 Å². The maximum atomic E-state index is 3.64. The molecule has 1 nitrogen and oxygen atoms in total. The Morgan fingerprint density at radius 2 is 1.44 bits per heavy atom. The average Bonchev–Trinajstić information content (AvgIpc) is 2.82. The lowest BCUT2D eigenvalue weighted by Gasteiger charge is -1.86. The summed E-state index contributed by atoms with van der Waals surface area (Å²) in [6, 6.07) is 1.96. The molecule has 0 bridgehead atoms. The van der Waals surface area contributed by atoms with Crippen LogP contribution < -0.4 is 0 Å². The molecule has 0 atom stereocenters. The molecule has 0 aliphatic heterocycles. The Hall–Kier alpha value is -1.50. The molecule has 0 radical (unpaired) electrons. The first-order valence-electron chi connectivity index (χ1n) is 5.79. The highest BCUT2D eigenvalue weighted by atomic mass is 14.7. The highest BCUT2D eigenvalue weighted by Gasteiger charge is 1.91. The van der Waals surface area contributed by atoms with Crippen molar-refractivity contribution < 1.29 is 0 Å². The zero-order valence-corrected chi connectivity index (χ0v) is 11.5. The molecule has 16 heavy (non-hydrogen) atoms. The van der Waals surface area contributed by atoms with Crippen LogP contribution in [-0.4, -0.2) is 4.98 Å². The van der Waals surface area contributed by atoms with Crippen LogP contribution in [0.5, 0.6) is 0 Å². The second-order valence-electron chi connectivity index (χ2n) is 2.16. The van der Waals surface area contributed by atoms with Crippen LogP contribution in [0, 0.1) is 0 Å². The summed E-state index contributed by atoms with van der Waals surface area (Å²) in [7, 11) is 0. The monoisotopic (exact) mass is 221 g/mol. The maximum Gasteiger partial charge on any atom is 0.0447 e. The Balaban J connectivity index is -0.000000206. The first-order chi connectivity index (χ1) is 7.79. The van der Waals surface area contributed by atoms with Gasteiger partial charge in [0.2, 0.25) is 0 Å². The van der Waals surface area contributed by atoms with Crippen LogP contribution >= 0.6 is 0 Å². The fraction of sp³-hybridized carbons (Fsp3) is 0.333. The molecule has 0 fully saturated rings. The number of H-pyrrole nitrogens is 1. The molecule has 0 aliphatic carbocycles. The molecule has 1 rings (SSSR count). The standard InChI is InChI=1S/C8H9N.C3H6.2C2H6/c1-3-7-5-6-9-8(7)4-2;1-3-2;2*1-2/h3-6,9H,1-2H2;3H,1H2,2H3;2*1-2H3. The molecule has 1 aromatic rings. The van der Waals surface area contributed by atoms with Crippen LogP contribution in [0.2, 0.25) is 0 Å². The van der Waals surface area contributed by atoms with Crippen LogP contribution in [0.3, 0.4) is 0 Å². The van der Waals surface area contributed by atoms with E-state index in [1.807, 2.05) is 46.9 Å². The largest absolute Gasteiger partial charge is 0.361 e. The zero-order chi connectivity index (χ0) is 13.4. The summed E-state index contributed by atoms with van der Waals surface area (Å²) < 4.78 is 0. The zero-order valence-electron chi connectivity index (χ0n) is 11.5. The molecule has 92 valence electrons. The minimum Gasteiger partial charge on any atom is -0.361 e. The van der Waals surface area contributed by atoms with Crippen molar-refractivity contribution in [1.29, 1.82) is 0 Å². The van der Waals surface area contributed by atoms with E-state index in [1.165, 1.54) is 0 Å². The third kappa shape index (κ3) is 10.6. The fourth-order valence-corrected chi connectivity index (χ4v) is 0.749. The molecule has 1 aromatic heterocycles. The van der Waals surface area contributed by atoms with Gasteiger partial charge in [-0.3, -0.25) is 0 Å². The van der Waals surface area contributed by atoms with E-state index in [0.29, 0.717) is 0 Å². The van der Waals surface area contributed by atoms with Gasteiger partial charge >= 0.3 is 0 Å². The molecule has 0 spiro atoms. The van der Waals surface area contributed by atoms with E-state index in [0.717, 1.165) is 11.3 Å². The van der Waals surface area contributed by atoms with E-state index in [4.69, 9.17) is 0 Å². The highest BCUT2D eigenvalue weighted by molar-refractivity contribution is 5.60. The van der Waals surface area contributed by atoms with E-state index < -0.39 is 0 Å². The number of hydrogen-bond donors (Lipinski definition) is 1. The normalized spacial score (nSPS) is 6.56. The van der Waals surface area contributed by atoms with E-state index in [2.05, 4.69) is 24.7 Å². The lowest BCUT2D eigenvalue weighted by molar-refractivity contribution is 1.37. The minimum absolute atomic E-state index is 1.03. The molecule has 0 aliphatic rings. The Labute approximate surface area is 102 Å². The van der Waals surface area contributed by atoms with Gasteiger partial charge in [0.15, 0.2) is 0 Å². The van der Waals surface area contributed by atoms with Gasteiger partial charge in [0.1, 0.15) is 0 Å². The second-order valence-corrected chi connectivity index (χ2v) is 2.16. The molecular weight excluding hydrogens is 194 g/mol. The third-order valence-electron chi connectivity index (χ3n) is 1.24. The van der Waals surface area contributed by atoms with Crippen LogP contribution in [0.4, 0.5) is 0 Å². The molecule has 0 saturated carbocycles. The van der Waals surface area contributed by atoms with Gasteiger partial charge in [-0.05, 0) is 24.6 Å². The number of allylic oxidation sites excluding steroid dienone is 1. The first-order valence-corrected chi connectivity index (χ1v) is 5.79. The summed E-state index contributed by atoms with van der Waals surface area (Å²) in [6.07, 6.45) is 7.19. The minimum atomic E-state index is 1.03. The summed E-state index contributed by atoms with van der Waals surface area (Å²) in [4.78, 5) is 3.02. The van der Waals surface area contributed by atoms with Gasteiger partial charge in [0.05, 0.1) is 0 Å². The predicted octanol–water partition coefficient (Wildman–Crippen LogP) is 5.55. The van der Waals surface area contributed by atoms with Crippen LogP contribution in [0.25, 0.3) is 12.2 Å². The molecule has 1 N–H and O–H groups in total. The fourth-order valence-electron chi connectivity index (χ4n) is 0.749. The summed E-state index contributed by atoms with van der Waals surface area (Å²) in [5.74, 6) is 0. The smallest absolute Gasteiger partial charge is 0.0447 e. The number of rotatable bonds is 2. The maximum absolute atomic E-state index is 3.64. The first kappa shape index (κ1) is 20.0. The van der Waals surface area contributed by atoms with Gasteiger partial charge in [-0.2, -0.15) is 0 Å². The van der Waals surface area contributed by atoms with Crippen molar-refractivity contribution in [1.82, 2.24) is 4.98 Å². The molecular formula is C15H27N. The molecule has 1 heteroatoms. The molecule has 0 saturated heterocycles. The SMILES string of the molecule is C=CC.C=Cc1cc[nH]c1C=C.CC.CC. The van der Waals surface area contributed by atoms with Gasteiger partial charge in [0.25, 0.3) is 0 Å². The van der Waals surface area contributed by atoms with Gasteiger partial charge in [-0.1, -0.05) is 53.0 Å². The molecule has 0 unspecified atom stereocenters. The quantitative estimate of drug-likeness (QED) is 0.631. The summed E-state index contributed by atoms with van der Waals surface area (Å²) >= 11 is 0. The van der Waals surface area contributed by atoms with E-state index in [-0.39, 0.29) is 0 Å². The van der Waals surface area contributed by atoms with Crippen molar-refractivity contribution in [2.45, 2.75) is 34.6 Å². The highest BCUT2D eigenvalue weighted by Crippen LogP contribution is 2.07. The Kier molecular flexibility index (Phi) is 23.9. The Bertz CT molecular complexity index is 234. The summed E-state index contributed by atoms with van der Waals surface area (Å²) in [5.41, 5.74) is 2.13. The second kappa shape index (κ2) is 19.1. The van der Waals surface area contributed by atoms with Gasteiger partial charge in [-0.25, -0.2) is 0 Å². The van der Waals surface area contributed by atoms with E-state index in [9.17, 15) is 0 Å². The van der Waals surface area contributed by atoms with E-state index >= 15 is 0 Å².